The molecule has 2 N–H and O–H groups in total. The van der Waals surface area contributed by atoms with E-state index in [1.165, 1.54) is 0 Å². The van der Waals surface area contributed by atoms with Gasteiger partial charge in [-0.15, -0.1) is 0 Å². The van der Waals surface area contributed by atoms with E-state index in [1.54, 1.807) is 0 Å². The highest BCUT2D eigenvalue weighted by Crippen LogP contribution is 2.43. The first-order valence-electron chi connectivity index (χ1n) is 13.4. The van der Waals surface area contributed by atoms with Crippen molar-refractivity contribution in [1.82, 2.24) is 15.1 Å². The molecule has 0 radical (unpaired) electrons. The summed E-state index contributed by atoms with van der Waals surface area (Å²) in [5.41, 5.74) is 2.80. The molecule has 1 spiro atoms. The highest BCUT2D eigenvalue weighted by molar-refractivity contribution is 6.10. The molecule has 194 valence electrons. The minimum absolute atomic E-state index is 0.0529. The number of β-amino-alcohol motifs (C(OH)–C–C–N with tert-alkyl or cyclic N) is 1. The van der Waals surface area contributed by atoms with Gasteiger partial charge in [0.05, 0.1) is 6.10 Å². The van der Waals surface area contributed by atoms with Gasteiger partial charge in [0.25, 0.3) is 5.91 Å². The van der Waals surface area contributed by atoms with Gasteiger partial charge in [-0.1, -0.05) is 36.4 Å². The van der Waals surface area contributed by atoms with Gasteiger partial charge in [0, 0.05) is 31.4 Å². The number of urea groups is 1. The van der Waals surface area contributed by atoms with Crippen molar-refractivity contribution in [2.24, 2.45) is 5.92 Å². The van der Waals surface area contributed by atoms with Crippen LogP contribution in [0, 0.1) is 5.92 Å². The topological polar surface area (TPSA) is 93.2 Å². The van der Waals surface area contributed by atoms with Crippen LogP contribution in [0.1, 0.15) is 49.3 Å². The molecule has 2 aliphatic heterocycles. The molecule has 0 aromatic heterocycles. The lowest BCUT2D eigenvalue weighted by atomic mass is 9.91. The second kappa shape index (κ2) is 9.17. The molecule has 37 heavy (non-hydrogen) atoms. The van der Waals surface area contributed by atoms with E-state index in [9.17, 15) is 19.5 Å². The van der Waals surface area contributed by atoms with Gasteiger partial charge in [-0.3, -0.25) is 14.5 Å². The molecule has 3 fully saturated rings. The van der Waals surface area contributed by atoms with E-state index in [4.69, 9.17) is 0 Å². The number of aliphatic hydroxyl groups excluding tert-OH is 1. The Labute approximate surface area is 217 Å². The predicted octanol–water partition coefficient (Wildman–Crippen LogP) is 2.78. The Bertz CT molecular complexity index is 1230. The van der Waals surface area contributed by atoms with Crippen molar-refractivity contribution in [3.63, 3.8) is 0 Å². The molecular formula is C29H34N4O4. The van der Waals surface area contributed by atoms with E-state index < -0.39 is 11.6 Å². The number of aryl methyl sites for hydroxylation is 1. The Morgan fingerprint density at radius 2 is 1.95 bits per heavy atom. The number of carbonyl (C=O) groups is 3. The number of imide groups is 1. The summed E-state index contributed by atoms with van der Waals surface area (Å²) < 4.78 is 0. The largest absolute Gasteiger partial charge is 0.391 e. The zero-order valence-corrected chi connectivity index (χ0v) is 21.2. The molecule has 6 rings (SSSR count). The van der Waals surface area contributed by atoms with Crippen molar-refractivity contribution in [3.8, 4) is 0 Å². The number of hydrogen-bond acceptors (Lipinski definition) is 5. The first-order valence-corrected chi connectivity index (χ1v) is 13.4. The average Bonchev–Trinajstić information content (AvgIpc) is 3.50. The van der Waals surface area contributed by atoms with Crippen LogP contribution in [-0.2, 0) is 28.1 Å². The molecule has 3 atom stereocenters. The lowest BCUT2D eigenvalue weighted by Gasteiger charge is -2.31. The molecule has 8 nitrogen and oxygen atoms in total. The van der Waals surface area contributed by atoms with E-state index in [0.29, 0.717) is 31.8 Å². The number of carbonyl (C=O) groups excluding carboxylic acids is 3. The average molecular weight is 503 g/mol. The number of aliphatic hydroxyl groups is 1. The Kier molecular flexibility index (Phi) is 5.94. The lowest BCUT2D eigenvalue weighted by Crippen LogP contribution is -2.47. The van der Waals surface area contributed by atoms with Gasteiger partial charge in [-0.25, -0.2) is 4.79 Å². The molecule has 4 aliphatic rings. The van der Waals surface area contributed by atoms with Gasteiger partial charge < -0.3 is 20.2 Å². The summed E-state index contributed by atoms with van der Waals surface area (Å²) >= 11 is 0. The maximum Gasteiger partial charge on any atom is 0.325 e. The summed E-state index contributed by atoms with van der Waals surface area (Å²) in [4.78, 5) is 45.5. The summed E-state index contributed by atoms with van der Waals surface area (Å²) in [5.74, 6) is -0.0765. The van der Waals surface area contributed by atoms with Crippen LogP contribution in [0.2, 0.25) is 0 Å². The molecule has 1 saturated carbocycles. The first-order chi connectivity index (χ1) is 17.9. The third kappa shape index (κ3) is 4.27. The van der Waals surface area contributed by atoms with Crippen molar-refractivity contribution >= 4 is 23.5 Å². The second-order valence-corrected chi connectivity index (χ2v) is 11.0. The minimum Gasteiger partial charge on any atom is -0.391 e. The normalized spacial score (nSPS) is 25.5. The molecule has 0 bridgehead atoms. The summed E-state index contributed by atoms with van der Waals surface area (Å²) in [7, 11) is 0. The Hall–Kier alpha value is -3.39. The van der Waals surface area contributed by atoms with E-state index in [2.05, 4.69) is 23.2 Å². The molecule has 2 heterocycles. The van der Waals surface area contributed by atoms with Gasteiger partial charge in [-0.2, -0.15) is 0 Å². The maximum atomic E-state index is 13.7. The highest BCUT2D eigenvalue weighted by Gasteiger charge is 2.56. The minimum atomic E-state index is -1.11. The quantitative estimate of drug-likeness (QED) is 0.568. The van der Waals surface area contributed by atoms with Gasteiger partial charge >= 0.3 is 6.03 Å². The van der Waals surface area contributed by atoms with Gasteiger partial charge in [0.2, 0.25) is 5.91 Å². The number of amides is 4. The summed E-state index contributed by atoms with van der Waals surface area (Å²) in [5, 5.41) is 12.9. The van der Waals surface area contributed by atoms with Crippen molar-refractivity contribution in [2.45, 2.75) is 63.3 Å². The Morgan fingerprint density at radius 3 is 2.65 bits per heavy atom. The fraction of sp³-hybridized carbons (Fsp3) is 0.483. The highest BCUT2D eigenvalue weighted by atomic mass is 16.3. The summed E-state index contributed by atoms with van der Waals surface area (Å²) in [6, 6.07) is 15.4. The van der Waals surface area contributed by atoms with Crippen LogP contribution in [-0.4, -0.2) is 64.5 Å². The van der Waals surface area contributed by atoms with Gasteiger partial charge in [0.1, 0.15) is 12.1 Å². The molecular weight excluding hydrogens is 468 g/mol. The van der Waals surface area contributed by atoms with Crippen LogP contribution >= 0.6 is 0 Å². The predicted molar refractivity (Wildman–Crippen MR) is 139 cm³/mol. The van der Waals surface area contributed by atoms with Crippen LogP contribution in [0.5, 0.6) is 0 Å². The fourth-order valence-electron chi connectivity index (χ4n) is 6.25. The zero-order valence-electron chi connectivity index (χ0n) is 21.2. The number of nitrogens with one attached hydrogen (secondary N) is 1. The number of rotatable bonds is 7. The number of benzene rings is 2. The molecule has 2 saturated heterocycles. The van der Waals surface area contributed by atoms with Crippen LogP contribution < -0.4 is 10.2 Å². The third-order valence-corrected chi connectivity index (χ3v) is 8.63. The fourth-order valence-corrected chi connectivity index (χ4v) is 6.25. The third-order valence-electron chi connectivity index (χ3n) is 8.63. The standard InChI is InChI=1S/C29H34N4O4/c1-19(21-7-8-21)32(16-20-5-3-2-4-6-20)26(35)18-33-27(36)29(30-28(33)37)13-11-22-15-23(9-10-25(22)29)31-14-12-24(34)17-31/h2-6,9-10,15,19,21,24,34H,7-8,11-14,16-18H2,1H3,(H,30,37)/t19-,24?,29?/m0/s1. The lowest BCUT2D eigenvalue weighted by molar-refractivity contribution is -0.141. The van der Waals surface area contributed by atoms with Crippen LogP contribution in [0.3, 0.4) is 0 Å². The van der Waals surface area contributed by atoms with E-state index in [0.717, 1.165) is 53.1 Å². The summed E-state index contributed by atoms with van der Waals surface area (Å²) in [6.07, 6.45) is 3.79. The number of hydrogen-bond donors (Lipinski definition) is 2. The monoisotopic (exact) mass is 502 g/mol. The van der Waals surface area contributed by atoms with E-state index in [-0.39, 0.29) is 30.5 Å². The first kappa shape index (κ1) is 24.0. The smallest absolute Gasteiger partial charge is 0.325 e. The summed E-state index contributed by atoms with van der Waals surface area (Å²) in [6.45, 7) is 3.68. The van der Waals surface area contributed by atoms with Gasteiger partial charge in [0.15, 0.2) is 0 Å². The Balaban J connectivity index is 1.21. The molecule has 4 amide bonds. The maximum absolute atomic E-state index is 13.7. The Morgan fingerprint density at radius 1 is 1.16 bits per heavy atom. The van der Waals surface area contributed by atoms with Crippen molar-refractivity contribution < 1.29 is 19.5 Å². The van der Waals surface area contributed by atoms with E-state index >= 15 is 0 Å². The zero-order chi connectivity index (χ0) is 25.7. The molecule has 2 aromatic carbocycles. The van der Waals surface area contributed by atoms with Crippen molar-refractivity contribution in [1.29, 1.82) is 0 Å². The molecule has 2 unspecified atom stereocenters. The van der Waals surface area contributed by atoms with Crippen LogP contribution in [0.4, 0.5) is 10.5 Å². The van der Waals surface area contributed by atoms with Crippen LogP contribution in [0.25, 0.3) is 0 Å². The number of nitrogens with zero attached hydrogens (tertiary/aromatic N) is 3. The molecule has 8 heteroatoms. The number of anilines is 1. The van der Waals surface area contributed by atoms with Crippen LogP contribution in [0.15, 0.2) is 48.5 Å². The van der Waals surface area contributed by atoms with Crippen molar-refractivity contribution in [2.75, 3.05) is 24.5 Å². The van der Waals surface area contributed by atoms with Crippen molar-refractivity contribution in [3.05, 3.63) is 65.2 Å². The van der Waals surface area contributed by atoms with Gasteiger partial charge in [-0.05, 0) is 73.8 Å². The second-order valence-electron chi connectivity index (χ2n) is 11.0. The van der Waals surface area contributed by atoms with E-state index in [1.807, 2.05) is 47.4 Å². The molecule has 2 aromatic rings. The SMILES string of the molecule is C[C@@H](C1CC1)N(Cc1ccccc1)C(=O)CN1C(=O)NC2(CCc3cc(N4CCC(O)C4)ccc32)C1=O. The number of fused-ring (bicyclic) bond motifs is 2. The molecule has 2 aliphatic carbocycles.